The molecule has 0 saturated carbocycles. The number of nitrogens with zero attached hydrogens (tertiary/aromatic N) is 1. The van der Waals surface area contributed by atoms with E-state index < -0.39 is 18.0 Å². The molecule has 0 aliphatic rings. The maximum Gasteiger partial charge on any atom is 0.339 e. The lowest BCUT2D eigenvalue weighted by molar-refractivity contribution is 0.0588. The molecule has 14 heavy (non-hydrogen) atoms. The maximum absolute atomic E-state index is 12.4. The van der Waals surface area contributed by atoms with Crippen molar-refractivity contribution in [3.63, 3.8) is 0 Å². The fourth-order valence-electron chi connectivity index (χ4n) is 0.905. The molecule has 1 heterocycles. The summed E-state index contributed by atoms with van der Waals surface area (Å²) >= 11 is 2.94. The molecule has 0 aliphatic carbocycles. The van der Waals surface area contributed by atoms with Crippen molar-refractivity contribution in [3.05, 3.63) is 28.0 Å². The molecule has 0 bridgehead atoms. The van der Waals surface area contributed by atoms with Crippen LogP contribution in [0.15, 0.2) is 16.9 Å². The predicted molar refractivity (Wildman–Crippen MR) is 48.2 cm³/mol. The average Bonchev–Trinajstić information content (AvgIpc) is 2.16. The first-order valence-corrected chi connectivity index (χ1v) is 4.37. The molecular formula is C8H6BrF2NO2. The summed E-state index contributed by atoms with van der Waals surface area (Å²) in [7, 11) is 1.12. The van der Waals surface area contributed by atoms with Crippen LogP contribution in [0.4, 0.5) is 8.78 Å². The van der Waals surface area contributed by atoms with Crippen LogP contribution in [-0.4, -0.2) is 18.1 Å². The second kappa shape index (κ2) is 4.45. The molecule has 1 aromatic rings. The molecule has 0 atom stereocenters. The number of pyridine rings is 1. The number of rotatable bonds is 2. The zero-order valence-electron chi connectivity index (χ0n) is 7.13. The summed E-state index contributed by atoms with van der Waals surface area (Å²) in [6.07, 6.45) is -1.68. The van der Waals surface area contributed by atoms with Crippen LogP contribution in [0.2, 0.25) is 0 Å². The molecule has 0 radical (unpaired) electrons. The van der Waals surface area contributed by atoms with Crippen molar-refractivity contribution in [2.24, 2.45) is 0 Å². The molecule has 3 nitrogen and oxygen atoms in total. The van der Waals surface area contributed by atoms with Gasteiger partial charge in [-0.1, -0.05) is 0 Å². The minimum Gasteiger partial charge on any atom is -0.465 e. The number of ether oxygens (including phenoxy) is 1. The van der Waals surface area contributed by atoms with Crippen LogP contribution in [0, 0.1) is 0 Å². The van der Waals surface area contributed by atoms with E-state index in [4.69, 9.17) is 0 Å². The molecule has 0 aliphatic heterocycles. The molecule has 0 aromatic carbocycles. The van der Waals surface area contributed by atoms with Gasteiger partial charge < -0.3 is 4.74 Å². The Morgan fingerprint density at radius 3 is 2.79 bits per heavy atom. The summed E-state index contributed by atoms with van der Waals surface area (Å²) in [4.78, 5) is 14.7. The quantitative estimate of drug-likeness (QED) is 0.610. The number of hydrogen-bond acceptors (Lipinski definition) is 3. The van der Waals surface area contributed by atoms with Crippen molar-refractivity contribution in [1.29, 1.82) is 0 Å². The van der Waals surface area contributed by atoms with Crippen LogP contribution in [0.1, 0.15) is 22.3 Å². The topological polar surface area (TPSA) is 39.2 Å². The largest absolute Gasteiger partial charge is 0.465 e. The van der Waals surface area contributed by atoms with Crippen LogP contribution in [0.25, 0.3) is 0 Å². The molecule has 0 amide bonds. The third-order valence-electron chi connectivity index (χ3n) is 1.54. The number of halogens is 3. The smallest absolute Gasteiger partial charge is 0.339 e. The van der Waals surface area contributed by atoms with Crippen molar-refractivity contribution in [3.8, 4) is 0 Å². The van der Waals surface area contributed by atoms with Crippen LogP contribution in [0.5, 0.6) is 0 Å². The molecular weight excluding hydrogens is 260 g/mol. The zero-order valence-corrected chi connectivity index (χ0v) is 8.72. The Bertz CT molecular complexity index is 357. The molecule has 0 unspecified atom stereocenters. The molecule has 0 spiro atoms. The fraction of sp³-hybridized carbons (Fsp3) is 0.250. The first-order chi connectivity index (χ1) is 6.56. The number of alkyl halides is 2. The van der Waals surface area contributed by atoms with Gasteiger partial charge in [0.15, 0.2) is 0 Å². The summed E-state index contributed by atoms with van der Waals surface area (Å²) < 4.78 is 29.5. The summed E-state index contributed by atoms with van der Waals surface area (Å²) in [6.45, 7) is 0. The zero-order chi connectivity index (χ0) is 10.7. The van der Waals surface area contributed by atoms with Gasteiger partial charge in [-0.2, -0.15) is 0 Å². The molecule has 0 saturated heterocycles. The van der Waals surface area contributed by atoms with Gasteiger partial charge >= 0.3 is 5.97 Å². The van der Waals surface area contributed by atoms with Gasteiger partial charge in [0, 0.05) is 11.8 Å². The van der Waals surface area contributed by atoms with Gasteiger partial charge in [-0.05, 0) is 22.0 Å². The van der Waals surface area contributed by atoms with Crippen molar-refractivity contribution in [1.82, 2.24) is 4.98 Å². The third kappa shape index (κ3) is 2.25. The van der Waals surface area contributed by atoms with Gasteiger partial charge in [-0.3, -0.25) is 0 Å². The van der Waals surface area contributed by atoms with Gasteiger partial charge in [0.2, 0.25) is 0 Å². The van der Waals surface area contributed by atoms with Gasteiger partial charge in [0.1, 0.15) is 4.60 Å². The highest BCUT2D eigenvalue weighted by molar-refractivity contribution is 9.10. The minimum atomic E-state index is -2.73. The van der Waals surface area contributed by atoms with Crippen LogP contribution < -0.4 is 0 Å². The monoisotopic (exact) mass is 265 g/mol. The number of esters is 1. The second-order valence-electron chi connectivity index (χ2n) is 2.39. The van der Waals surface area contributed by atoms with Crippen LogP contribution in [-0.2, 0) is 4.74 Å². The van der Waals surface area contributed by atoms with Gasteiger partial charge in [-0.25, -0.2) is 18.6 Å². The highest BCUT2D eigenvalue weighted by Gasteiger charge is 2.19. The summed E-state index contributed by atoms with van der Waals surface area (Å²) in [6, 6.07) is 1.09. The Hall–Kier alpha value is -1.04. The van der Waals surface area contributed by atoms with E-state index in [2.05, 4.69) is 25.7 Å². The Labute approximate surface area is 87.2 Å². The Morgan fingerprint density at radius 2 is 2.29 bits per heavy atom. The van der Waals surface area contributed by atoms with E-state index >= 15 is 0 Å². The number of aromatic nitrogens is 1. The number of methoxy groups -OCH3 is 1. The number of hydrogen-bond donors (Lipinski definition) is 0. The first kappa shape index (κ1) is 11.0. The molecule has 0 fully saturated rings. The summed E-state index contributed by atoms with van der Waals surface area (Å²) in [5, 5.41) is 0. The third-order valence-corrected chi connectivity index (χ3v) is 1.98. The second-order valence-corrected chi connectivity index (χ2v) is 3.20. The minimum absolute atomic E-state index is 0.217. The summed E-state index contributed by atoms with van der Waals surface area (Å²) in [5.41, 5.74) is -0.607. The van der Waals surface area contributed by atoms with E-state index in [1.165, 1.54) is 0 Å². The molecule has 1 aromatic heterocycles. The molecule has 6 heteroatoms. The van der Waals surface area contributed by atoms with E-state index in [9.17, 15) is 13.6 Å². The molecule has 0 N–H and O–H groups in total. The normalized spacial score (nSPS) is 10.4. The SMILES string of the molecule is COC(=O)c1cnc(Br)cc1C(F)F. The maximum atomic E-state index is 12.4. The van der Waals surface area contributed by atoms with Gasteiger partial charge in [0.25, 0.3) is 6.43 Å². The van der Waals surface area contributed by atoms with E-state index in [1.54, 1.807) is 0 Å². The van der Waals surface area contributed by atoms with Crippen LogP contribution >= 0.6 is 15.9 Å². The molecule has 1 rings (SSSR count). The van der Waals surface area contributed by atoms with Crippen molar-refractivity contribution < 1.29 is 18.3 Å². The lowest BCUT2D eigenvalue weighted by atomic mass is 10.1. The van der Waals surface area contributed by atoms with E-state index in [-0.39, 0.29) is 10.2 Å². The van der Waals surface area contributed by atoms with Crippen molar-refractivity contribution in [2.45, 2.75) is 6.43 Å². The van der Waals surface area contributed by atoms with E-state index in [0.29, 0.717) is 0 Å². The lowest BCUT2D eigenvalue weighted by Crippen LogP contribution is -2.07. The van der Waals surface area contributed by atoms with Crippen LogP contribution in [0.3, 0.4) is 0 Å². The predicted octanol–water partition coefficient (Wildman–Crippen LogP) is 2.57. The Morgan fingerprint density at radius 1 is 1.64 bits per heavy atom. The summed E-state index contributed by atoms with van der Waals surface area (Å²) in [5.74, 6) is -0.819. The Kier molecular flexibility index (Phi) is 3.51. The highest BCUT2D eigenvalue weighted by Crippen LogP contribution is 2.25. The Balaban J connectivity index is 3.21. The average molecular weight is 266 g/mol. The van der Waals surface area contributed by atoms with Gasteiger partial charge in [0.05, 0.1) is 12.7 Å². The number of carbonyl (C=O) groups excluding carboxylic acids is 1. The number of carbonyl (C=O) groups is 1. The van der Waals surface area contributed by atoms with Crippen molar-refractivity contribution in [2.75, 3.05) is 7.11 Å². The fourth-order valence-corrected chi connectivity index (χ4v) is 1.25. The molecule has 76 valence electrons. The van der Waals surface area contributed by atoms with Crippen molar-refractivity contribution >= 4 is 21.9 Å². The van der Waals surface area contributed by atoms with E-state index in [0.717, 1.165) is 19.4 Å². The highest BCUT2D eigenvalue weighted by atomic mass is 79.9. The standard InChI is InChI=1S/C8H6BrF2NO2/c1-14-8(13)5-3-12-6(9)2-4(5)7(10)11/h2-3,7H,1H3. The lowest BCUT2D eigenvalue weighted by Gasteiger charge is -2.06. The van der Waals surface area contributed by atoms with Gasteiger partial charge in [-0.15, -0.1) is 0 Å². The first-order valence-electron chi connectivity index (χ1n) is 3.58. The van der Waals surface area contributed by atoms with E-state index in [1.807, 2.05) is 0 Å².